The van der Waals surface area contributed by atoms with E-state index in [0.717, 1.165) is 34.7 Å². The van der Waals surface area contributed by atoms with Crippen molar-refractivity contribution in [2.45, 2.75) is 65.8 Å². The Morgan fingerprint density at radius 1 is 0.885 bits per heavy atom. The van der Waals surface area contributed by atoms with Gasteiger partial charge in [-0.1, -0.05) is 39.0 Å². The molecule has 0 N–H and O–H groups in total. The molecule has 0 bridgehead atoms. The van der Waals surface area contributed by atoms with Crippen molar-refractivity contribution in [3.8, 4) is 0 Å². The van der Waals surface area contributed by atoms with Crippen LogP contribution in [-0.4, -0.2) is 23.1 Å². The standard InChI is InChI=1S/C19H29N5O2/c1-6-7-8-9-10-11-12-23-13(2)14(3)24-15-16(20-18(23)24)21(4)19(26)22(5)17(15)25/h6-12H2,1-5H3. The molecule has 0 saturated heterocycles. The Morgan fingerprint density at radius 3 is 2.23 bits per heavy atom. The van der Waals surface area contributed by atoms with E-state index in [2.05, 4.69) is 23.4 Å². The van der Waals surface area contributed by atoms with Crippen molar-refractivity contribution in [3.63, 3.8) is 0 Å². The number of hydrogen-bond acceptors (Lipinski definition) is 3. The molecule has 0 aliphatic rings. The SMILES string of the molecule is CCCCCCCCn1c(C)c(C)n2c3c(=O)n(C)c(=O)n(C)c3nc12. The molecule has 3 heterocycles. The summed E-state index contributed by atoms with van der Waals surface area (Å²) in [6.45, 7) is 7.18. The van der Waals surface area contributed by atoms with Gasteiger partial charge in [0.25, 0.3) is 5.56 Å². The molecule has 0 amide bonds. The molecule has 0 radical (unpaired) electrons. The molecule has 0 atom stereocenters. The van der Waals surface area contributed by atoms with Crippen LogP contribution in [-0.2, 0) is 20.6 Å². The first-order valence-electron chi connectivity index (χ1n) is 9.54. The molecule has 7 heteroatoms. The maximum Gasteiger partial charge on any atom is 0.332 e. The minimum Gasteiger partial charge on any atom is -0.314 e. The van der Waals surface area contributed by atoms with Gasteiger partial charge in [-0.25, -0.2) is 4.79 Å². The number of imidazole rings is 2. The molecule has 3 rings (SSSR count). The van der Waals surface area contributed by atoms with Crippen molar-refractivity contribution in [1.29, 1.82) is 0 Å². The number of aryl methyl sites for hydroxylation is 3. The van der Waals surface area contributed by atoms with E-state index in [-0.39, 0.29) is 11.2 Å². The summed E-state index contributed by atoms with van der Waals surface area (Å²) in [5.74, 6) is 0.752. The average Bonchev–Trinajstić information content (AvgIpc) is 3.12. The van der Waals surface area contributed by atoms with Crippen molar-refractivity contribution >= 4 is 16.9 Å². The highest BCUT2D eigenvalue weighted by molar-refractivity contribution is 5.76. The molecule has 0 aliphatic carbocycles. The lowest BCUT2D eigenvalue weighted by Gasteiger charge is -2.06. The van der Waals surface area contributed by atoms with Crippen molar-refractivity contribution in [3.05, 3.63) is 32.2 Å². The largest absolute Gasteiger partial charge is 0.332 e. The second-order valence-electron chi connectivity index (χ2n) is 7.22. The van der Waals surface area contributed by atoms with E-state index in [1.165, 1.54) is 43.7 Å². The zero-order chi connectivity index (χ0) is 19.0. The monoisotopic (exact) mass is 359 g/mol. The number of fused-ring (bicyclic) bond motifs is 3. The normalized spacial score (nSPS) is 11.9. The number of nitrogens with zero attached hydrogens (tertiary/aromatic N) is 5. The summed E-state index contributed by atoms with van der Waals surface area (Å²) in [5, 5.41) is 0. The molecule has 0 aliphatic heterocycles. The van der Waals surface area contributed by atoms with Crippen molar-refractivity contribution in [2.24, 2.45) is 14.1 Å². The van der Waals surface area contributed by atoms with E-state index < -0.39 is 0 Å². The minimum atomic E-state index is -0.347. The van der Waals surface area contributed by atoms with Crippen LogP contribution in [0.25, 0.3) is 16.9 Å². The smallest absolute Gasteiger partial charge is 0.314 e. The molecule has 0 saturated carbocycles. The lowest BCUT2D eigenvalue weighted by Crippen LogP contribution is -2.37. The van der Waals surface area contributed by atoms with E-state index >= 15 is 0 Å². The Kier molecular flexibility index (Phi) is 5.07. The average molecular weight is 359 g/mol. The van der Waals surface area contributed by atoms with Gasteiger partial charge in [0.15, 0.2) is 11.2 Å². The van der Waals surface area contributed by atoms with Crippen LogP contribution in [0.3, 0.4) is 0 Å². The quantitative estimate of drug-likeness (QED) is 0.609. The van der Waals surface area contributed by atoms with Gasteiger partial charge < -0.3 is 4.57 Å². The Hall–Kier alpha value is -2.31. The third kappa shape index (κ3) is 2.79. The fourth-order valence-corrected chi connectivity index (χ4v) is 3.71. The molecule has 3 aromatic heterocycles. The van der Waals surface area contributed by atoms with Crippen molar-refractivity contribution < 1.29 is 0 Å². The van der Waals surface area contributed by atoms with Crippen LogP contribution in [0.2, 0.25) is 0 Å². The van der Waals surface area contributed by atoms with E-state index in [1.54, 1.807) is 7.05 Å². The van der Waals surface area contributed by atoms with Crippen molar-refractivity contribution in [1.82, 2.24) is 23.1 Å². The second kappa shape index (κ2) is 7.13. The zero-order valence-electron chi connectivity index (χ0n) is 16.5. The predicted octanol–water partition coefficient (Wildman–Crippen LogP) is 2.66. The van der Waals surface area contributed by atoms with Crippen LogP contribution >= 0.6 is 0 Å². The highest BCUT2D eigenvalue weighted by atomic mass is 16.2. The van der Waals surface area contributed by atoms with Gasteiger partial charge in [0.05, 0.1) is 0 Å². The van der Waals surface area contributed by atoms with E-state index in [1.807, 2.05) is 11.3 Å². The topological polar surface area (TPSA) is 66.2 Å². The first-order valence-corrected chi connectivity index (χ1v) is 9.54. The molecular weight excluding hydrogens is 330 g/mol. The number of rotatable bonds is 7. The maximum absolute atomic E-state index is 12.7. The van der Waals surface area contributed by atoms with E-state index in [0.29, 0.717) is 11.2 Å². The van der Waals surface area contributed by atoms with Gasteiger partial charge in [0.1, 0.15) is 0 Å². The van der Waals surface area contributed by atoms with Gasteiger partial charge in [-0.3, -0.25) is 18.3 Å². The fourth-order valence-electron chi connectivity index (χ4n) is 3.71. The molecule has 26 heavy (non-hydrogen) atoms. The Balaban J connectivity index is 2.05. The predicted molar refractivity (Wildman–Crippen MR) is 104 cm³/mol. The first-order chi connectivity index (χ1) is 12.4. The molecule has 142 valence electrons. The van der Waals surface area contributed by atoms with Gasteiger partial charge in [-0.2, -0.15) is 4.98 Å². The lowest BCUT2D eigenvalue weighted by atomic mass is 10.1. The van der Waals surface area contributed by atoms with Crippen LogP contribution in [0.15, 0.2) is 9.59 Å². The summed E-state index contributed by atoms with van der Waals surface area (Å²) in [5.41, 5.74) is 2.42. The highest BCUT2D eigenvalue weighted by Crippen LogP contribution is 2.21. The van der Waals surface area contributed by atoms with Gasteiger partial charge in [0.2, 0.25) is 5.78 Å². The van der Waals surface area contributed by atoms with Crippen LogP contribution in [0, 0.1) is 13.8 Å². The number of unbranched alkanes of at least 4 members (excludes halogenated alkanes) is 5. The second-order valence-corrected chi connectivity index (χ2v) is 7.22. The summed E-state index contributed by atoms with van der Waals surface area (Å²) in [6, 6.07) is 0. The van der Waals surface area contributed by atoms with Gasteiger partial charge in [-0.05, 0) is 20.3 Å². The van der Waals surface area contributed by atoms with Gasteiger partial charge in [0, 0.05) is 32.0 Å². The zero-order valence-corrected chi connectivity index (χ0v) is 16.5. The molecule has 0 fully saturated rings. The maximum atomic E-state index is 12.7. The van der Waals surface area contributed by atoms with Crippen LogP contribution in [0.5, 0.6) is 0 Å². The molecule has 3 aromatic rings. The van der Waals surface area contributed by atoms with E-state index in [4.69, 9.17) is 0 Å². The number of hydrogen-bond donors (Lipinski definition) is 0. The van der Waals surface area contributed by atoms with Gasteiger partial charge >= 0.3 is 5.69 Å². The third-order valence-electron chi connectivity index (χ3n) is 5.48. The number of aromatic nitrogens is 5. The highest BCUT2D eigenvalue weighted by Gasteiger charge is 2.21. The summed E-state index contributed by atoms with van der Waals surface area (Å²) < 4.78 is 6.69. The van der Waals surface area contributed by atoms with Gasteiger partial charge in [-0.15, -0.1) is 0 Å². The summed E-state index contributed by atoms with van der Waals surface area (Å²) >= 11 is 0. The Morgan fingerprint density at radius 2 is 1.54 bits per heavy atom. The lowest BCUT2D eigenvalue weighted by molar-refractivity contribution is 0.558. The molecule has 0 spiro atoms. The molecular formula is C19H29N5O2. The summed E-state index contributed by atoms with van der Waals surface area (Å²) in [6.07, 6.45) is 7.40. The Labute approximate surface area is 152 Å². The molecule has 0 aromatic carbocycles. The van der Waals surface area contributed by atoms with Crippen molar-refractivity contribution in [2.75, 3.05) is 0 Å². The fraction of sp³-hybridized carbons (Fsp3) is 0.632. The minimum absolute atomic E-state index is 0.296. The summed E-state index contributed by atoms with van der Waals surface area (Å²) in [7, 11) is 3.18. The summed E-state index contributed by atoms with van der Waals surface area (Å²) in [4.78, 5) is 29.6. The van der Waals surface area contributed by atoms with E-state index in [9.17, 15) is 9.59 Å². The first kappa shape index (κ1) is 18.5. The third-order valence-corrected chi connectivity index (χ3v) is 5.48. The Bertz CT molecular complexity index is 1060. The van der Waals surface area contributed by atoms with Crippen LogP contribution in [0.1, 0.15) is 56.8 Å². The van der Waals surface area contributed by atoms with Crippen LogP contribution in [0.4, 0.5) is 0 Å². The van der Waals surface area contributed by atoms with Crippen LogP contribution < -0.4 is 11.2 Å². The molecule has 0 unspecified atom stereocenters. The molecule has 7 nitrogen and oxygen atoms in total.